The van der Waals surface area contributed by atoms with Gasteiger partial charge in [0.05, 0.1) is 6.20 Å². The van der Waals surface area contributed by atoms with Crippen LogP contribution in [0.2, 0.25) is 0 Å². The summed E-state index contributed by atoms with van der Waals surface area (Å²) in [6.07, 6.45) is 17.4. The van der Waals surface area contributed by atoms with Gasteiger partial charge >= 0.3 is 0 Å². The summed E-state index contributed by atoms with van der Waals surface area (Å²) < 4.78 is 5.43. The number of terminal acetylenes is 1. The van der Waals surface area contributed by atoms with Crippen LogP contribution in [0.25, 0.3) is 6.08 Å². The Bertz CT molecular complexity index is 801. The fourth-order valence-corrected chi connectivity index (χ4v) is 7.14. The lowest BCUT2D eigenvalue weighted by atomic mass is 9.46. The number of aliphatic hydroxyl groups is 1. The van der Waals surface area contributed by atoms with Crippen molar-refractivity contribution in [3.05, 3.63) is 23.1 Å². The Morgan fingerprint density at radius 1 is 1.24 bits per heavy atom. The standard InChI is InChI=1S/C22H27NO2/c1-4-22(24)10-8-18-16-6-5-15-11-19-14(13-23-25-19)12-20(15,2)17(16)7-9-21(18,22)3/h1,11,13,16-18,24H,5-10,12H2,2-3H3/t16-,17-,18-,20+,21-,22+/m0/s1. The maximum absolute atomic E-state index is 11.1. The lowest BCUT2D eigenvalue weighted by molar-refractivity contribution is -0.0975. The Hall–Kier alpha value is -1.53. The molecule has 0 aromatic carbocycles. The van der Waals surface area contributed by atoms with Crippen molar-refractivity contribution < 1.29 is 9.63 Å². The third kappa shape index (κ3) is 1.79. The molecule has 3 fully saturated rings. The first kappa shape index (κ1) is 15.7. The van der Waals surface area contributed by atoms with Gasteiger partial charge in [-0.2, -0.15) is 0 Å². The third-order valence-corrected chi connectivity index (χ3v) is 8.67. The molecule has 6 atom stereocenters. The van der Waals surface area contributed by atoms with Crippen molar-refractivity contribution in [2.24, 2.45) is 28.6 Å². The van der Waals surface area contributed by atoms with Gasteiger partial charge in [-0.25, -0.2) is 0 Å². The molecule has 0 saturated heterocycles. The van der Waals surface area contributed by atoms with E-state index in [1.807, 2.05) is 6.20 Å². The summed E-state index contributed by atoms with van der Waals surface area (Å²) >= 11 is 0. The van der Waals surface area contributed by atoms with Crippen LogP contribution in [0.1, 0.15) is 63.7 Å². The zero-order valence-corrected chi connectivity index (χ0v) is 15.2. The molecule has 5 rings (SSSR count). The van der Waals surface area contributed by atoms with Gasteiger partial charge in [-0.1, -0.05) is 30.5 Å². The molecule has 0 spiro atoms. The number of hydrogen-bond donors (Lipinski definition) is 1. The van der Waals surface area contributed by atoms with Crippen LogP contribution in [0.4, 0.5) is 0 Å². The van der Waals surface area contributed by atoms with Gasteiger partial charge in [-0.05, 0) is 74.2 Å². The van der Waals surface area contributed by atoms with E-state index in [1.165, 1.54) is 12.0 Å². The smallest absolute Gasteiger partial charge is 0.162 e. The fraction of sp³-hybridized carbons (Fsp3) is 0.682. The second kappa shape index (κ2) is 4.80. The number of aromatic nitrogens is 1. The number of hydrogen-bond acceptors (Lipinski definition) is 3. The molecule has 0 unspecified atom stereocenters. The largest absolute Gasteiger partial charge is 0.377 e. The first-order chi connectivity index (χ1) is 11.9. The van der Waals surface area contributed by atoms with Crippen LogP contribution in [0, 0.1) is 40.9 Å². The van der Waals surface area contributed by atoms with Gasteiger partial charge in [0, 0.05) is 11.0 Å². The van der Waals surface area contributed by atoms with E-state index in [2.05, 4.69) is 31.0 Å². The van der Waals surface area contributed by atoms with Gasteiger partial charge < -0.3 is 9.63 Å². The van der Waals surface area contributed by atoms with E-state index >= 15 is 0 Å². The topological polar surface area (TPSA) is 46.3 Å². The summed E-state index contributed by atoms with van der Waals surface area (Å²) in [5.74, 6) is 5.64. The summed E-state index contributed by atoms with van der Waals surface area (Å²) in [5, 5.41) is 15.1. The van der Waals surface area contributed by atoms with Gasteiger partial charge in [0.25, 0.3) is 0 Å². The van der Waals surface area contributed by atoms with Crippen molar-refractivity contribution in [2.75, 3.05) is 0 Å². The zero-order chi connectivity index (χ0) is 17.4. The van der Waals surface area contributed by atoms with Crippen LogP contribution in [-0.4, -0.2) is 15.9 Å². The molecule has 3 saturated carbocycles. The molecule has 0 radical (unpaired) electrons. The summed E-state index contributed by atoms with van der Waals surface area (Å²) in [6.45, 7) is 4.71. The van der Waals surface area contributed by atoms with Gasteiger partial charge in [-0.3, -0.25) is 0 Å². The maximum Gasteiger partial charge on any atom is 0.162 e. The average Bonchev–Trinajstić information content (AvgIpc) is 3.14. The van der Waals surface area contributed by atoms with Gasteiger partial charge in [0.1, 0.15) is 5.60 Å². The van der Waals surface area contributed by atoms with Crippen molar-refractivity contribution in [3.8, 4) is 12.3 Å². The highest BCUT2D eigenvalue weighted by atomic mass is 16.5. The molecule has 4 aliphatic rings. The van der Waals surface area contributed by atoms with Crippen molar-refractivity contribution in [2.45, 2.75) is 64.4 Å². The van der Waals surface area contributed by atoms with Crippen molar-refractivity contribution in [1.29, 1.82) is 0 Å². The van der Waals surface area contributed by atoms with E-state index in [9.17, 15) is 5.11 Å². The first-order valence-corrected chi connectivity index (χ1v) is 9.76. The Morgan fingerprint density at radius 2 is 2.04 bits per heavy atom. The van der Waals surface area contributed by atoms with Crippen LogP contribution in [0.3, 0.4) is 0 Å². The molecule has 0 aliphatic heterocycles. The monoisotopic (exact) mass is 337 g/mol. The lowest BCUT2D eigenvalue weighted by Crippen LogP contribution is -2.54. The van der Waals surface area contributed by atoms with Crippen molar-refractivity contribution >= 4 is 6.08 Å². The molecule has 0 amide bonds. The summed E-state index contributed by atoms with van der Waals surface area (Å²) in [5.41, 5.74) is 1.99. The van der Waals surface area contributed by atoms with Crippen LogP contribution >= 0.6 is 0 Å². The summed E-state index contributed by atoms with van der Waals surface area (Å²) in [7, 11) is 0. The molecular formula is C22H27NO2. The minimum absolute atomic E-state index is 0.114. The molecule has 1 N–H and O–H groups in total. The van der Waals surface area contributed by atoms with Crippen LogP contribution in [0.5, 0.6) is 0 Å². The average molecular weight is 337 g/mol. The second-order valence-corrected chi connectivity index (χ2v) is 9.39. The Balaban J connectivity index is 1.53. The normalized spacial score (nSPS) is 47.8. The molecule has 3 nitrogen and oxygen atoms in total. The van der Waals surface area contributed by atoms with E-state index in [4.69, 9.17) is 10.9 Å². The third-order valence-electron chi connectivity index (χ3n) is 8.67. The molecule has 0 bridgehead atoms. The highest BCUT2D eigenvalue weighted by Gasteiger charge is 2.63. The van der Waals surface area contributed by atoms with E-state index in [0.717, 1.165) is 44.3 Å². The molecule has 1 aromatic heterocycles. The molecule has 3 heteroatoms. The molecule has 4 aliphatic carbocycles. The molecule has 1 heterocycles. The second-order valence-electron chi connectivity index (χ2n) is 9.39. The van der Waals surface area contributed by atoms with Crippen molar-refractivity contribution in [1.82, 2.24) is 5.16 Å². The van der Waals surface area contributed by atoms with E-state index in [-0.39, 0.29) is 10.8 Å². The van der Waals surface area contributed by atoms with E-state index in [0.29, 0.717) is 17.8 Å². The first-order valence-electron chi connectivity index (χ1n) is 9.76. The minimum Gasteiger partial charge on any atom is -0.377 e. The van der Waals surface area contributed by atoms with Crippen LogP contribution in [0.15, 0.2) is 16.3 Å². The van der Waals surface area contributed by atoms with Crippen LogP contribution in [-0.2, 0) is 6.42 Å². The zero-order valence-electron chi connectivity index (χ0n) is 15.2. The highest BCUT2D eigenvalue weighted by Crippen LogP contribution is 2.67. The molecular weight excluding hydrogens is 310 g/mol. The molecule has 132 valence electrons. The molecule has 1 aromatic rings. The maximum atomic E-state index is 11.1. The lowest BCUT2D eigenvalue weighted by Gasteiger charge is -2.58. The summed E-state index contributed by atoms with van der Waals surface area (Å²) in [4.78, 5) is 0. The predicted octanol–water partition coefficient (Wildman–Crippen LogP) is 4.22. The summed E-state index contributed by atoms with van der Waals surface area (Å²) in [6, 6.07) is 0. The minimum atomic E-state index is -0.909. The Labute approximate surface area is 149 Å². The predicted molar refractivity (Wildman–Crippen MR) is 96.4 cm³/mol. The van der Waals surface area contributed by atoms with E-state index < -0.39 is 5.60 Å². The van der Waals surface area contributed by atoms with Gasteiger partial charge in [0.15, 0.2) is 5.76 Å². The number of allylic oxidation sites excluding steroid dienone is 1. The quantitative estimate of drug-likeness (QED) is 0.721. The fourth-order valence-electron chi connectivity index (χ4n) is 7.14. The Kier molecular flexibility index (Phi) is 3.01. The van der Waals surface area contributed by atoms with E-state index in [1.54, 1.807) is 5.57 Å². The van der Waals surface area contributed by atoms with Gasteiger partial charge in [-0.15, -0.1) is 6.42 Å². The number of nitrogens with zero attached hydrogens (tertiary/aromatic N) is 1. The molecule has 25 heavy (non-hydrogen) atoms. The van der Waals surface area contributed by atoms with Gasteiger partial charge in [0.2, 0.25) is 0 Å². The number of rotatable bonds is 0. The van der Waals surface area contributed by atoms with Crippen molar-refractivity contribution in [3.63, 3.8) is 0 Å². The number of fused-ring (bicyclic) bond motifs is 6. The Morgan fingerprint density at radius 3 is 2.84 bits per heavy atom. The highest BCUT2D eigenvalue weighted by molar-refractivity contribution is 5.57. The van der Waals surface area contributed by atoms with Crippen LogP contribution < -0.4 is 0 Å². The SMILES string of the molecule is C#C[C@@]1(O)CC[C@H]2[C@H]3CCC4=Cc5oncc5C[C@@]4(C)[C@H]3CC[C@@]21C.